The van der Waals surface area contributed by atoms with Crippen molar-refractivity contribution < 1.29 is 15.0 Å². The van der Waals surface area contributed by atoms with Crippen LogP contribution in [0.3, 0.4) is 0 Å². The van der Waals surface area contributed by atoms with E-state index in [1.807, 2.05) is 90.4 Å². The Morgan fingerprint density at radius 3 is 2.16 bits per heavy atom. The second-order valence-electron chi connectivity index (χ2n) is 7.84. The molecule has 0 saturated carbocycles. The lowest BCUT2D eigenvalue weighted by Gasteiger charge is -2.29. The molecular weight excluding hydrogens is 402 g/mol. The zero-order valence-electron chi connectivity index (χ0n) is 18.2. The maximum atomic E-state index is 12.2. The summed E-state index contributed by atoms with van der Waals surface area (Å²) in [5, 5.41) is 24.3. The minimum Gasteiger partial charge on any atom is -0.384 e. The molecule has 6 heteroatoms. The highest BCUT2D eigenvalue weighted by Crippen LogP contribution is 2.37. The van der Waals surface area contributed by atoms with E-state index in [-0.39, 0.29) is 0 Å². The van der Waals surface area contributed by atoms with E-state index >= 15 is 0 Å². The van der Waals surface area contributed by atoms with Crippen molar-refractivity contribution in [2.75, 3.05) is 0 Å². The van der Waals surface area contributed by atoms with Gasteiger partial charge in [0.05, 0.1) is 11.0 Å². The number of aromatic nitrogens is 2. The second-order valence-corrected chi connectivity index (χ2v) is 7.84. The van der Waals surface area contributed by atoms with Gasteiger partial charge in [-0.1, -0.05) is 66.7 Å². The van der Waals surface area contributed by atoms with Gasteiger partial charge in [-0.05, 0) is 42.7 Å². The summed E-state index contributed by atoms with van der Waals surface area (Å²) in [4.78, 5) is 16.6. The van der Waals surface area contributed by atoms with Gasteiger partial charge >= 0.3 is 0 Å². The number of aliphatic hydroxyl groups is 2. The number of benzene rings is 3. The van der Waals surface area contributed by atoms with Crippen molar-refractivity contribution in [3.8, 4) is 0 Å². The van der Waals surface area contributed by atoms with E-state index < -0.39 is 17.6 Å². The monoisotopic (exact) mass is 429 g/mol. The van der Waals surface area contributed by atoms with Crippen molar-refractivity contribution in [3.63, 3.8) is 0 Å². The van der Waals surface area contributed by atoms with Gasteiger partial charge in [0.1, 0.15) is 6.10 Å². The molecule has 3 N–H and O–H groups in total. The number of rotatable bonds is 7. The fourth-order valence-electron chi connectivity index (χ4n) is 4.00. The number of amides is 1. The van der Waals surface area contributed by atoms with Gasteiger partial charge in [0.2, 0.25) is 5.91 Å². The first kappa shape index (κ1) is 21.7. The van der Waals surface area contributed by atoms with Crippen LogP contribution in [-0.4, -0.2) is 31.8 Å². The SMILES string of the molecule is CCn1c(C(O)(c2ccccc2)c2ccccc2)nc2ccc(CNC(=O)[C@H](C)O)cc21. The minimum atomic E-state index is -1.43. The van der Waals surface area contributed by atoms with Crippen molar-refractivity contribution in [1.29, 1.82) is 0 Å². The highest BCUT2D eigenvalue weighted by Gasteiger charge is 2.38. The first-order chi connectivity index (χ1) is 15.4. The van der Waals surface area contributed by atoms with Crippen LogP contribution in [0.25, 0.3) is 11.0 Å². The van der Waals surface area contributed by atoms with E-state index in [1.165, 1.54) is 6.92 Å². The molecule has 0 saturated heterocycles. The van der Waals surface area contributed by atoms with Crippen LogP contribution in [0.1, 0.15) is 36.4 Å². The van der Waals surface area contributed by atoms with Gasteiger partial charge in [-0.25, -0.2) is 4.98 Å². The van der Waals surface area contributed by atoms with Crippen LogP contribution in [0.4, 0.5) is 0 Å². The van der Waals surface area contributed by atoms with E-state index in [0.717, 1.165) is 27.7 Å². The topological polar surface area (TPSA) is 87.4 Å². The van der Waals surface area contributed by atoms with Crippen LogP contribution in [0, 0.1) is 0 Å². The molecule has 0 radical (unpaired) electrons. The van der Waals surface area contributed by atoms with E-state index in [2.05, 4.69) is 5.32 Å². The van der Waals surface area contributed by atoms with E-state index in [9.17, 15) is 15.0 Å². The van der Waals surface area contributed by atoms with Gasteiger partial charge in [-0.15, -0.1) is 0 Å². The molecule has 1 heterocycles. The maximum Gasteiger partial charge on any atom is 0.248 e. The predicted molar refractivity (Wildman–Crippen MR) is 124 cm³/mol. The quantitative estimate of drug-likeness (QED) is 0.421. The van der Waals surface area contributed by atoms with E-state index in [0.29, 0.717) is 18.9 Å². The number of carbonyl (C=O) groups is 1. The Morgan fingerprint density at radius 1 is 1.03 bits per heavy atom. The summed E-state index contributed by atoms with van der Waals surface area (Å²) in [6, 6.07) is 24.9. The maximum absolute atomic E-state index is 12.2. The molecule has 3 aromatic carbocycles. The number of hydrogen-bond acceptors (Lipinski definition) is 4. The molecule has 4 rings (SSSR count). The Balaban J connectivity index is 1.85. The summed E-state index contributed by atoms with van der Waals surface area (Å²) in [7, 11) is 0. The highest BCUT2D eigenvalue weighted by atomic mass is 16.3. The van der Waals surface area contributed by atoms with Gasteiger partial charge in [-0.2, -0.15) is 0 Å². The molecule has 0 aliphatic heterocycles. The van der Waals surface area contributed by atoms with Crippen molar-refractivity contribution in [2.24, 2.45) is 0 Å². The molecule has 4 aromatic rings. The van der Waals surface area contributed by atoms with Crippen LogP contribution >= 0.6 is 0 Å². The molecule has 0 spiro atoms. The third-order valence-electron chi connectivity index (χ3n) is 5.68. The molecule has 1 amide bonds. The summed E-state index contributed by atoms with van der Waals surface area (Å²) < 4.78 is 2.01. The number of aryl methyl sites for hydroxylation is 1. The molecule has 32 heavy (non-hydrogen) atoms. The van der Waals surface area contributed by atoms with Gasteiger partial charge in [0.25, 0.3) is 0 Å². The Bertz CT molecular complexity index is 1180. The van der Waals surface area contributed by atoms with Crippen molar-refractivity contribution >= 4 is 16.9 Å². The van der Waals surface area contributed by atoms with Gasteiger partial charge in [0.15, 0.2) is 11.4 Å². The summed E-state index contributed by atoms with van der Waals surface area (Å²) in [5.41, 5.74) is 2.56. The lowest BCUT2D eigenvalue weighted by Crippen LogP contribution is -2.32. The Morgan fingerprint density at radius 2 is 1.62 bits per heavy atom. The fraction of sp³-hybridized carbons (Fsp3) is 0.231. The van der Waals surface area contributed by atoms with Gasteiger partial charge < -0.3 is 20.1 Å². The first-order valence-electron chi connectivity index (χ1n) is 10.7. The summed E-state index contributed by atoms with van der Waals surface area (Å²) >= 11 is 0. The number of aliphatic hydroxyl groups excluding tert-OH is 1. The van der Waals surface area contributed by atoms with Gasteiger partial charge in [0, 0.05) is 13.1 Å². The van der Waals surface area contributed by atoms with E-state index in [4.69, 9.17) is 4.98 Å². The molecule has 0 aliphatic rings. The molecule has 1 aromatic heterocycles. The van der Waals surface area contributed by atoms with Gasteiger partial charge in [-0.3, -0.25) is 4.79 Å². The highest BCUT2D eigenvalue weighted by molar-refractivity contribution is 5.80. The smallest absolute Gasteiger partial charge is 0.248 e. The number of nitrogens with zero attached hydrogens (tertiary/aromatic N) is 2. The Hall–Kier alpha value is -3.48. The minimum absolute atomic E-state index is 0.297. The molecule has 0 fully saturated rings. The molecule has 0 bridgehead atoms. The summed E-state index contributed by atoms with van der Waals surface area (Å²) in [6.07, 6.45) is -1.06. The molecule has 0 unspecified atom stereocenters. The van der Waals surface area contributed by atoms with Crippen molar-refractivity contribution in [1.82, 2.24) is 14.9 Å². The Labute approximate surface area is 187 Å². The molecule has 0 aliphatic carbocycles. The van der Waals surface area contributed by atoms with Crippen LogP contribution < -0.4 is 5.32 Å². The van der Waals surface area contributed by atoms with Crippen molar-refractivity contribution in [2.45, 2.75) is 38.6 Å². The molecule has 1 atom stereocenters. The average Bonchev–Trinajstić information content (AvgIpc) is 3.21. The third-order valence-corrected chi connectivity index (χ3v) is 5.68. The molecule has 6 nitrogen and oxygen atoms in total. The summed E-state index contributed by atoms with van der Waals surface area (Å²) in [5.74, 6) is 0.120. The summed E-state index contributed by atoms with van der Waals surface area (Å²) in [6.45, 7) is 4.36. The fourth-order valence-corrected chi connectivity index (χ4v) is 4.00. The second kappa shape index (κ2) is 8.94. The zero-order chi connectivity index (χ0) is 22.7. The standard InChI is InChI=1S/C26H27N3O3/c1-3-29-23-16-19(17-27-24(31)18(2)30)14-15-22(23)28-25(29)26(32,20-10-6-4-7-11-20)21-12-8-5-9-13-21/h4-16,18,30,32H,3,17H2,1-2H3,(H,27,31)/t18-/m0/s1. The molecular formula is C26H27N3O3. The van der Waals surface area contributed by atoms with Crippen LogP contribution in [0.15, 0.2) is 78.9 Å². The lowest BCUT2D eigenvalue weighted by atomic mass is 9.85. The van der Waals surface area contributed by atoms with E-state index in [1.54, 1.807) is 0 Å². The zero-order valence-corrected chi connectivity index (χ0v) is 18.2. The normalized spacial score (nSPS) is 12.6. The average molecular weight is 430 g/mol. The number of fused-ring (bicyclic) bond motifs is 1. The first-order valence-corrected chi connectivity index (χ1v) is 10.7. The van der Waals surface area contributed by atoms with Crippen LogP contribution in [0.5, 0.6) is 0 Å². The van der Waals surface area contributed by atoms with Crippen LogP contribution in [-0.2, 0) is 23.5 Å². The predicted octanol–water partition coefficient (Wildman–Crippen LogP) is 3.34. The number of carbonyl (C=O) groups excluding carboxylic acids is 1. The number of hydrogen-bond donors (Lipinski definition) is 3. The third kappa shape index (κ3) is 3.90. The van der Waals surface area contributed by atoms with Crippen LogP contribution in [0.2, 0.25) is 0 Å². The van der Waals surface area contributed by atoms with Crippen molar-refractivity contribution in [3.05, 3.63) is 101 Å². The molecule has 164 valence electrons. The lowest BCUT2D eigenvalue weighted by molar-refractivity contribution is -0.128. The Kier molecular flexibility index (Phi) is 6.08. The number of nitrogens with one attached hydrogen (secondary N) is 1. The largest absolute Gasteiger partial charge is 0.384 e. The number of imidazole rings is 1.